The number of rotatable bonds is 6. The van der Waals surface area contributed by atoms with Crippen molar-refractivity contribution in [3.63, 3.8) is 0 Å². The molecule has 1 N–H and O–H groups in total. The maximum absolute atomic E-state index is 9.34. The van der Waals surface area contributed by atoms with Crippen molar-refractivity contribution in [1.82, 2.24) is 0 Å². The number of hydrogen-bond acceptors (Lipinski definition) is 4. The minimum atomic E-state index is -0.408. The van der Waals surface area contributed by atoms with E-state index >= 15 is 0 Å². The molecule has 2 aromatic carbocycles. The molecule has 0 aromatic heterocycles. The fourth-order valence-corrected chi connectivity index (χ4v) is 1.97. The van der Waals surface area contributed by atoms with Crippen LogP contribution >= 0.6 is 0 Å². The summed E-state index contributed by atoms with van der Waals surface area (Å²) in [5.41, 5.74) is 1.77. The Kier molecular flexibility index (Phi) is 5.05. The average molecular weight is 282 g/mol. The molecule has 0 saturated heterocycles. The van der Waals surface area contributed by atoms with Gasteiger partial charge in [0, 0.05) is 5.69 Å². The SMILES string of the molecule is CCOc1ccc(NC(C#N)c2ccc(OC)cc2)cc1. The Morgan fingerprint density at radius 3 is 2.19 bits per heavy atom. The predicted octanol–water partition coefficient (Wildman–Crippen LogP) is 3.77. The molecule has 4 heteroatoms. The van der Waals surface area contributed by atoms with Crippen LogP contribution in [0.25, 0.3) is 0 Å². The summed E-state index contributed by atoms with van der Waals surface area (Å²) in [6, 6.07) is 16.9. The lowest BCUT2D eigenvalue weighted by molar-refractivity contribution is 0.340. The van der Waals surface area contributed by atoms with E-state index in [1.165, 1.54) is 0 Å². The third-order valence-electron chi connectivity index (χ3n) is 3.05. The number of nitriles is 1. The first-order valence-electron chi connectivity index (χ1n) is 6.79. The molecule has 1 unspecified atom stereocenters. The van der Waals surface area contributed by atoms with Crippen LogP contribution in [0.5, 0.6) is 11.5 Å². The van der Waals surface area contributed by atoms with Crippen LogP contribution < -0.4 is 14.8 Å². The lowest BCUT2D eigenvalue weighted by Crippen LogP contribution is -2.08. The molecule has 0 aliphatic carbocycles. The fourth-order valence-electron chi connectivity index (χ4n) is 1.97. The molecule has 0 saturated carbocycles. The van der Waals surface area contributed by atoms with Crippen molar-refractivity contribution in [3.8, 4) is 17.6 Å². The van der Waals surface area contributed by atoms with Crippen LogP contribution in [0.4, 0.5) is 5.69 Å². The van der Waals surface area contributed by atoms with Crippen molar-refractivity contribution in [3.05, 3.63) is 54.1 Å². The van der Waals surface area contributed by atoms with Gasteiger partial charge in [-0.3, -0.25) is 0 Å². The zero-order chi connectivity index (χ0) is 15.1. The second kappa shape index (κ2) is 7.20. The van der Waals surface area contributed by atoms with Crippen molar-refractivity contribution in [2.24, 2.45) is 0 Å². The van der Waals surface area contributed by atoms with E-state index in [0.717, 1.165) is 22.7 Å². The van der Waals surface area contributed by atoms with E-state index in [0.29, 0.717) is 6.61 Å². The van der Waals surface area contributed by atoms with E-state index in [1.54, 1.807) is 7.11 Å². The first-order chi connectivity index (χ1) is 10.3. The lowest BCUT2D eigenvalue weighted by atomic mass is 10.1. The molecule has 1 atom stereocenters. The van der Waals surface area contributed by atoms with Gasteiger partial charge in [-0.25, -0.2) is 0 Å². The molecule has 0 spiro atoms. The van der Waals surface area contributed by atoms with E-state index in [9.17, 15) is 5.26 Å². The Morgan fingerprint density at radius 1 is 1.05 bits per heavy atom. The molecule has 21 heavy (non-hydrogen) atoms. The Balaban J connectivity index is 2.09. The molecule has 4 nitrogen and oxygen atoms in total. The number of benzene rings is 2. The summed E-state index contributed by atoms with van der Waals surface area (Å²) in [5, 5.41) is 12.5. The molecule has 2 aromatic rings. The molecule has 0 bridgehead atoms. The third kappa shape index (κ3) is 3.90. The van der Waals surface area contributed by atoms with Gasteiger partial charge < -0.3 is 14.8 Å². The Bertz CT molecular complexity index is 600. The van der Waals surface area contributed by atoms with Crippen molar-refractivity contribution in [1.29, 1.82) is 5.26 Å². The van der Waals surface area contributed by atoms with Crippen LogP contribution in [0.3, 0.4) is 0 Å². The van der Waals surface area contributed by atoms with Gasteiger partial charge in [0.2, 0.25) is 0 Å². The van der Waals surface area contributed by atoms with Crippen molar-refractivity contribution < 1.29 is 9.47 Å². The molecule has 0 heterocycles. The van der Waals surface area contributed by atoms with Crippen LogP contribution in [-0.4, -0.2) is 13.7 Å². The van der Waals surface area contributed by atoms with Gasteiger partial charge >= 0.3 is 0 Å². The zero-order valence-corrected chi connectivity index (χ0v) is 12.2. The average Bonchev–Trinajstić information content (AvgIpc) is 2.54. The summed E-state index contributed by atoms with van der Waals surface area (Å²) in [6.45, 7) is 2.58. The fraction of sp³-hybridized carbons (Fsp3) is 0.235. The van der Waals surface area contributed by atoms with Gasteiger partial charge in [0.05, 0.1) is 19.8 Å². The molecule has 0 aliphatic heterocycles. The maximum atomic E-state index is 9.34. The van der Waals surface area contributed by atoms with Crippen LogP contribution in [0.2, 0.25) is 0 Å². The maximum Gasteiger partial charge on any atom is 0.140 e. The molecule has 0 radical (unpaired) electrons. The van der Waals surface area contributed by atoms with E-state index in [4.69, 9.17) is 9.47 Å². The van der Waals surface area contributed by atoms with E-state index in [-0.39, 0.29) is 0 Å². The standard InChI is InChI=1S/C17H18N2O2/c1-3-21-16-10-6-14(7-11-16)19-17(12-18)13-4-8-15(20-2)9-5-13/h4-11,17,19H,3H2,1-2H3. The van der Waals surface area contributed by atoms with Crippen molar-refractivity contribution in [2.75, 3.05) is 19.0 Å². The third-order valence-corrected chi connectivity index (χ3v) is 3.05. The van der Waals surface area contributed by atoms with Crippen molar-refractivity contribution >= 4 is 5.69 Å². The highest BCUT2D eigenvalue weighted by molar-refractivity contribution is 5.50. The number of nitrogens with one attached hydrogen (secondary N) is 1. The molecule has 2 rings (SSSR count). The van der Waals surface area contributed by atoms with E-state index < -0.39 is 6.04 Å². The number of nitrogens with zero attached hydrogens (tertiary/aromatic N) is 1. The Hall–Kier alpha value is -2.67. The second-order valence-electron chi connectivity index (χ2n) is 4.44. The van der Waals surface area contributed by atoms with E-state index in [1.807, 2.05) is 55.5 Å². The topological polar surface area (TPSA) is 54.3 Å². The molecule has 0 amide bonds. The van der Waals surface area contributed by atoms with Crippen LogP contribution in [0.1, 0.15) is 18.5 Å². The normalized spacial score (nSPS) is 11.3. The van der Waals surface area contributed by atoms with Crippen LogP contribution in [0, 0.1) is 11.3 Å². The van der Waals surface area contributed by atoms with Gasteiger partial charge in [0.1, 0.15) is 17.5 Å². The molecular formula is C17H18N2O2. The second-order valence-corrected chi connectivity index (χ2v) is 4.44. The highest BCUT2D eigenvalue weighted by atomic mass is 16.5. The summed E-state index contributed by atoms with van der Waals surface area (Å²) in [6.07, 6.45) is 0. The van der Waals surface area contributed by atoms with E-state index in [2.05, 4.69) is 11.4 Å². The number of ether oxygens (including phenoxy) is 2. The predicted molar refractivity (Wildman–Crippen MR) is 82.6 cm³/mol. The smallest absolute Gasteiger partial charge is 0.140 e. The van der Waals surface area contributed by atoms with Gasteiger partial charge in [-0.05, 0) is 48.9 Å². The summed E-state index contributed by atoms with van der Waals surface area (Å²) >= 11 is 0. The van der Waals surface area contributed by atoms with Crippen molar-refractivity contribution in [2.45, 2.75) is 13.0 Å². The highest BCUT2D eigenvalue weighted by Gasteiger charge is 2.10. The minimum absolute atomic E-state index is 0.408. The first-order valence-corrected chi connectivity index (χ1v) is 6.79. The number of anilines is 1. The van der Waals surface area contributed by atoms with Gasteiger partial charge in [0.25, 0.3) is 0 Å². The lowest BCUT2D eigenvalue weighted by Gasteiger charge is -2.14. The summed E-state index contributed by atoms with van der Waals surface area (Å²) in [4.78, 5) is 0. The molecule has 108 valence electrons. The quantitative estimate of drug-likeness (QED) is 0.876. The molecule has 0 aliphatic rings. The van der Waals surface area contributed by atoms with Gasteiger partial charge in [-0.2, -0.15) is 5.26 Å². The Labute approximate surface area is 124 Å². The van der Waals surface area contributed by atoms with Gasteiger partial charge in [-0.1, -0.05) is 12.1 Å². The zero-order valence-electron chi connectivity index (χ0n) is 12.2. The summed E-state index contributed by atoms with van der Waals surface area (Å²) in [7, 11) is 1.62. The van der Waals surface area contributed by atoms with Gasteiger partial charge in [0.15, 0.2) is 0 Å². The largest absolute Gasteiger partial charge is 0.497 e. The Morgan fingerprint density at radius 2 is 1.67 bits per heavy atom. The number of hydrogen-bond donors (Lipinski definition) is 1. The molecule has 0 fully saturated rings. The summed E-state index contributed by atoms with van der Waals surface area (Å²) < 4.78 is 10.5. The molecular weight excluding hydrogens is 264 g/mol. The minimum Gasteiger partial charge on any atom is -0.497 e. The van der Waals surface area contributed by atoms with Crippen LogP contribution in [0.15, 0.2) is 48.5 Å². The summed E-state index contributed by atoms with van der Waals surface area (Å²) in [5.74, 6) is 1.59. The first kappa shape index (κ1) is 14.7. The van der Waals surface area contributed by atoms with Crippen LogP contribution in [-0.2, 0) is 0 Å². The van der Waals surface area contributed by atoms with Gasteiger partial charge in [-0.15, -0.1) is 0 Å². The highest BCUT2D eigenvalue weighted by Crippen LogP contribution is 2.23. The monoisotopic (exact) mass is 282 g/mol. The number of methoxy groups -OCH3 is 1.